The average molecular weight is 203 g/mol. The lowest BCUT2D eigenvalue weighted by Crippen LogP contribution is -2.49. The normalized spacial score (nSPS) is 15.1. The van der Waals surface area contributed by atoms with Crippen molar-refractivity contribution in [2.75, 3.05) is 0 Å². The zero-order valence-electron chi connectivity index (χ0n) is 8.65. The lowest BCUT2D eigenvalue weighted by molar-refractivity contribution is -0.143. The Morgan fingerprint density at radius 2 is 1.71 bits per heavy atom. The molecule has 5 nitrogen and oxygen atoms in total. The number of carbonyl (C=O) groups is 2. The standard InChI is InChI=1S/C9H17NO4/c1-4-6(8(11)12)10-7(5(2)3)9(13)14/h5-7,10H,4H2,1-3H3,(H,11,12)(H,13,14). The Morgan fingerprint density at radius 1 is 1.21 bits per heavy atom. The predicted octanol–water partition coefficient (Wildman–Crippen LogP) is 0.548. The first-order chi connectivity index (χ1) is 6.40. The van der Waals surface area contributed by atoms with Gasteiger partial charge in [0, 0.05) is 0 Å². The number of hydrogen-bond donors (Lipinski definition) is 3. The summed E-state index contributed by atoms with van der Waals surface area (Å²) in [6.45, 7) is 5.17. The lowest BCUT2D eigenvalue weighted by atomic mass is 10.0. The van der Waals surface area contributed by atoms with Gasteiger partial charge in [-0.1, -0.05) is 20.8 Å². The Labute approximate surface area is 83.1 Å². The van der Waals surface area contributed by atoms with E-state index < -0.39 is 24.0 Å². The fourth-order valence-electron chi connectivity index (χ4n) is 1.13. The molecule has 0 radical (unpaired) electrons. The zero-order chi connectivity index (χ0) is 11.3. The minimum atomic E-state index is -1.01. The Morgan fingerprint density at radius 3 is 1.93 bits per heavy atom. The summed E-state index contributed by atoms with van der Waals surface area (Å²) in [5, 5.41) is 20.1. The van der Waals surface area contributed by atoms with Crippen LogP contribution in [0.4, 0.5) is 0 Å². The lowest BCUT2D eigenvalue weighted by Gasteiger charge is -2.21. The highest BCUT2D eigenvalue weighted by Gasteiger charge is 2.26. The van der Waals surface area contributed by atoms with Crippen molar-refractivity contribution in [2.24, 2.45) is 5.92 Å². The second-order valence-corrected chi connectivity index (χ2v) is 3.53. The molecule has 0 saturated carbocycles. The van der Waals surface area contributed by atoms with Gasteiger partial charge in [0.2, 0.25) is 0 Å². The number of rotatable bonds is 6. The van der Waals surface area contributed by atoms with Gasteiger partial charge in [-0.05, 0) is 12.3 Å². The van der Waals surface area contributed by atoms with Gasteiger partial charge in [0.15, 0.2) is 0 Å². The van der Waals surface area contributed by atoms with E-state index in [-0.39, 0.29) is 5.92 Å². The molecule has 0 aromatic rings. The molecule has 0 bridgehead atoms. The van der Waals surface area contributed by atoms with Gasteiger partial charge in [-0.2, -0.15) is 0 Å². The van der Waals surface area contributed by atoms with Gasteiger partial charge in [-0.3, -0.25) is 14.9 Å². The second kappa shape index (κ2) is 5.59. The van der Waals surface area contributed by atoms with Crippen molar-refractivity contribution in [1.82, 2.24) is 5.32 Å². The van der Waals surface area contributed by atoms with Crippen LogP contribution in [0.3, 0.4) is 0 Å². The third-order valence-electron chi connectivity index (χ3n) is 2.02. The van der Waals surface area contributed by atoms with Crippen LogP contribution in [0.1, 0.15) is 27.2 Å². The summed E-state index contributed by atoms with van der Waals surface area (Å²) in [4.78, 5) is 21.4. The molecule has 82 valence electrons. The molecular weight excluding hydrogens is 186 g/mol. The topological polar surface area (TPSA) is 86.6 Å². The van der Waals surface area contributed by atoms with Crippen LogP contribution >= 0.6 is 0 Å². The highest BCUT2D eigenvalue weighted by atomic mass is 16.4. The largest absolute Gasteiger partial charge is 0.480 e. The molecule has 2 atom stereocenters. The summed E-state index contributed by atoms with van der Waals surface area (Å²) in [5.41, 5.74) is 0. The van der Waals surface area contributed by atoms with Gasteiger partial charge in [0.25, 0.3) is 0 Å². The monoisotopic (exact) mass is 203 g/mol. The van der Waals surface area contributed by atoms with Gasteiger partial charge in [-0.15, -0.1) is 0 Å². The van der Waals surface area contributed by atoms with Crippen LogP contribution in [-0.4, -0.2) is 34.2 Å². The first kappa shape index (κ1) is 12.9. The van der Waals surface area contributed by atoms with E-state index in [0.29, 0.717) is 6.42 Å². The molecule has 0 spiro atoms. The summed E-state index contributed by atoms with van der Waals surface area (Å²) in [5.74, 6) is -2.17. The molecule has 0 rings (SSSR count). The molecule has 0 fully saturated rings. The predicted molar refractivity (Wildman–Crippen MR) is 51.1 cm³/mol. The maximum Gasteiger partial charge on any atom is 0.320 e. The molecule has 0 aromatic heterocycles. The molecule has 0 aromatic carbocycles. The zero-order valence-corrected chi connectivity index (χ0v) is 8.65. The molecule has 5 heteroatoms. The third kappa shape index (κ3) is 3.74. The molecule has 0 heterocycles. The number of nitrogens with one attached hydrogen (secondary N) is 1. The molecule has 0 aliphatic heterocycles. The van der Waals surface area contributed by atoms with Crippen LogP contribution < -0.4 is 5.32 Å². The minimum Gasteiger partial charge on any atom is -0.480 e. The van der Waals surface area contributed by atoms with E-state index in [4.69, 9.17) is 10.2 Å². The SMILES string of the molecule is CCC(NC(C(=O)O)C(C)C)C(=O)O. The van der Waals surface area contributed by atoms with Crippen molar-refractivity contribution in [3.8, 4) is 0 Å². The number of hydrogen-bond acceptors (Lipinski definition) is 3. The van der Waals surface area contributed by atoms with Crippen LogP contribution in [0.25, 0.3) is 0 Å². The molecule has 0 aliphatic carbocycles. The van der Waals surface area contributed by atoms with Crippen molar-refractivity contribution >= 4 is 11.9 Å². The van der Waals surface area contributed by atoms with Gasteiger partial charge >= 0.3 is 11.9 Å². The highest BCUT2D eigenvalue weighted by Crippen LogP contribution is 2.04. The third-order valence-corrected chi connectivity index (χ3v) is 2.02. The maximum absolute atomic E-state index is 10.8. The fourth-order valence-corrected chi connectivity index (χ4v) is 1.13. The average Bonchev–Trinajstić information content (AvgIpc) is 2.03. The molecule has 14 heavy (non-hydrogen) atoms. The highest BCUT2D eigenvalue weighted by molar-refractivity contribution is 5.77. The van der Waals surface area contributed by atoms with Crippen molar-refractivity contribution in [2.45, 2.75) is 39.3 Å². The van der Waals surface area contributed by atoms with Gasteiger partial charge < -0.3 is 10.2 Å². The molecule has 2 unspecified atom stereocenters. The molecule has 0 aliphatic rings. The van der Waals surface area contributed by atoms with E-state index in [0.717, 1.165) is 0 Å². The van der Waals surface area contributed by atoms with Crippen molar-refractivity contribution in [1.29, 1.82) is 0 Å². The second-order valence-electron chi connectivity index (χ2n) is 3.53. The van der Waals surface area contributed by atoms with Crippen LogP contribution in [0.15, 0.2) is 0 Å². The van der Waals surface area contributed by atoms with E-state index in [1.807, 2.05) is 0 Å². The van der Waals surface area contributed by atoms with Gasteiger partial charge in [-0.25, -0.2) is 0 Å². The quantitative estimate of drug-likeness (QED) is 0.586. The molecule has 0 amide bonds. The minimum absolute atomic E-state index is 0.138. The first-order valence-corrected chi connectivity index (χ1v) is 4.61. The summed E-state index contributed by atoms with van der Waals surface area (Å²) >= 11 is 0. The van der Waals surface area contributed by atoms with E-state index in [9.17, 15) is 9.59 Å². The number of aliphatic carboxylic acids is 2. The number of carboxylic acid groups (broad SMARTS) is 2. The first-order valence-electron chi connectivity index (χ1n) is 4.61. The van der Waals surface area contributed by atoms with Crippen LogP contribution in [-0.2, 0) is 9.59 Å². The van der Waals surface area contributed by atoms with Crippen molar-refractivity contribution in [3.63, 3.8) is 0 Å². The van der Waals surface area contributed by atoms with E-state index in [1.54, 1.807) is 20.8 Å². The van der Waals surface area contributed by atoms with Gasteiger partial charge in [0.05, 0.1) is 0 Å². The molecule has 0 saturated heterocycles. The smallest absolute Gasteiger partial charge is 0.320 e. The summed E-state index contributed by atoms with van der Waals surface area (Å²) in [6.07, 6.45) is 0.367. The summed E-state index contributed by atoms with van der Waals surface area (Å²) in [6, 6.07) is -1.60. The maximum atomic E-state index is 10.8. The van der Waals surface area contributed by atoms with Crippen molar-refractivity contribution in [3.05, 3.63) is 0 Å². The van der Waals surface area contributed by atoms with Crippen LogP contribution in [0, 0.1) is 5.92 Å². The van der Waals surface area contributed by atoms with E-state index in [1.165, 1.54) is 0 Å². The Balaban J connectivity index is 4.41. The van der Waals surface area contributed by atoms with Crippen LogP contribution in [0.5, 0.6) is 0 Å². The Hall–Kier alpha value is -1.10. The fraction of sp³-hybridized carbons (Fsp3) is 0.778. The summed E-state index contributed by atoms with van der Waals surface area (Å²) in [7, 11) is 0. The van der Waals surface area contributed by atoms with Gasteiger partial charge in [0.1, 0.15) is 12.1 Å². The molecule has 3 N–H and O–H groups in total. The Kier molecular flexibility index (Phi) is 5.15. The van der Waals surface area contributed by atoms with E-state index >= 15 is 0 Å². The molecular formula is C9H17NO4. The van der Waals surface area contributed by atoms with Crippen LogP contribution in [0.2, 0.25) is 0 Å². The number of carboxylic acids is 2. The Bertz CT molecular complexity index is 215. The summed E-state index contributed by atoms with van der Waals surface area (Å²) < 4.78 is 0. The van der Waals surface area contributed by atoms with E-state index in [2.05, 4.69) is 5.32 Å². The van der Waals surface area contributed by atoms with Crippen molar-refractivity contribution < 1.29 is 19.8 Å².